The quantitative estimate of drug-likeness (QED) is 0.809. The molecule has 4 aliphatic rings. The standard InChI is InChI=1S/C23H32N2O4/c1-21(2,3)29-20(27)25-11-9-18(10-12-25)22-14-23(15-22,16-22)24-19(26)28-13-17-7-5-4-6-8-17/h4-8,18H,9-16H2,1-3H3,(H,24,26). The Morgan fingerprint density at radius 3 is 2.31 bits per heavy atom. The molecule has 1 saturated heterocycles. The van der Waals surface area contributed by atoms with Gasteiger partial charge in [-0.3, -0.25) is 0 Å². The second-order valence-electron chi connectivity index (χ2n) is 10.1. The third-order valence-corrected chi connectivity index (χ3v) is 6.66. The van der Waals surface area contributed by atoms with Gasteiger partial charge < -0.3 is 19.7 Å². The van der Waals surface area contributed by atoms with Gasteiger partial charge in [-0.2, -0.15) is 0 Å². The first-order valence-electron chi connectivity index (χ1n) is 10.7. The van der Waals surface area contributed by atoms with Crippen LogP contribution < -0.4 is 5.32 Å². The molecule has 4 fully saturated rings. The fourth-order valence-electron chi connectivity index (χ4n) is 5.41. The van der Waals surface area contributed by atoms with Crippen molar-refractivity contribution in [3.63, 3.8) is 0 Å². The Hall–Kier alpha value is -2.24. The number of nitrogens with zero attached hydrogens (tertiary/aromatic N) is 1. The fraction of sp³-hybridized carbons (Fsp3) is 0.652. The molecule has 6 nitrogen and oxygen atoms in total. The number of piperidine rings is 1. The molecule has 1 heterocycles. The van der Waals surface area contributed by atoms with Crippen LogP contribution in [0.5, 0.6) is 0 Å². The molecule has 1 aliphatic heterocycles. The highest BCUT2D eigenvalue weighted by Crippen LogP contribution is 2.72. The minimum Gasteiger partial charge on any atom is -0.445 e. The molecule has 1 N–H and O–H groups in total. The predicted molar refractivity (Wildman–Crippen MR) is 109 cm³/mol. The summed E-state index contributed by atoms with van der Waals surface area (Å²) >= 11 is 0. The maximum absolute atomic E-state index is 12.2. The number of hydrogen-bond acceptors (Lipinski definition) is 4. The summed E-state index contributed by atoms with van der Waals surface area (Å²) < 4.78 is 10.9. The van der Waals surface area contributed by atoms with Gasteiger partial charge in [-0.25, -0.2) is 9.59 Å². The minimum absolute atomic E-state index is 0.0595. The summed E-state index contributed by atoms with van der Waals surface area (Å²) in [6.07, 6.45) is 4.64. The van der Waals surface area contributed by atoms with Crippen LogP contribution in [-0.2, 0) is 16.1 Å². The molecule has 0 radical (unpaired) electrons. The number of alkyl carbamates (subject to hydrolysis) is 1. The minimum atomic E-state index is -0.449. The molecule has 0 spiro atoms. The van der Waals surface area contributed by atoms with Crippen LogP contribution in [0.4, 0.5) is 9.59 Å². The van der Waals surface area contributed by atoms with Crippen molar-refractivity contribution in [1.29, 1.82) is 0 Å². The van der Waals surface area contributed by atoms with Crippen molar-refractivity contribution in [3.05, 3.63) is 35.9 Å². The van der Waals surface area contributed by atoms with Crippen molar-refractivity contribution in [2.75, 3.05) is 13.1 Å². The zero-order valence-corrected chi connectivity index (χ0v) is 17.7. The Kier molecular flexibility index (Phi) is 4.99. The zero-order valence-electron chi connectivity index (χ0n) is 17.7. The molecule has 0 aromatic heterocycles. The van der Waals surface area contributed by atoms with Crippen LogP contribution in [0.25, 0.3) is 0 Å². The lowest BCUT2D eigenvalue weighted by molar-refractivity contribution is -0.195. The van der Waals surface area contributed by atoms with E-state index in [-0.39, 0.29) is 17.7 Å². The van der Waals surface area contributed by atoms with Gasteiger partial charge in [0, 0.05) is 18.6 Å². The number of hydrogen-bond donors (Lipinski definition) is 1. The number of carbonyl (C=O) groups excluding carboxylic acids is 2. The van der Waals surface area contributed by atoms with Gasteiger partial charge in [-0.15, -0.1) is 0 Å². The Balaban J connectivity index is 1.19. The molecule has 6 heteroatoms. The summed E-state index contributed by atoms with van der Waals surface area (Å²) in [4.78, 5) is 26.2. The van der Waals surface area contributed by atoms with E-state index < -0.39 is 5.60 Å². The van der Waals surface area contributed by atoms with E-state index in [1.807, 2.05) is 56.0 Å². The molecule has 3 aliphatic carbocycles. The highest BCUT2D eigenvalue weighted by Gasteiger charge is 2.70. The van der Waals surface area contributed by atoms with Gasteiger partial charge in [0.05, 0.1) is 0 Å². The largest absolute Gasteiger partial charge is 0.445 e. The number of rotatable bonds is 4. The predicted octanol–water partition coefficient (Wildman–Crippen LogP) is 4.48. The van der Waals surface area contributed by atoms with Gasteiger partial charge in [0.2, 0.25) is 0 Å². The summed E-state index contributed by atoms with van der Waals surface area (Å²) in [6, 6.07) is 9.73. The first kappa shape index (κ1) is 20.0. The van der Waals surface area contributed by atoms with Crippen LogP contribution in [0.2, 0.25) is 0 Å². The summed E-state index contributed by atoms with van der Waals surface area (Å²) in [5.74, 6) is 0.630. The van der Waals surface area contributed by atoms with Crippen LogP contribution >= 0.6 is 0 Å². The third kappa shape index (κ3) is 4.21. The Labute approximate surface area is 172 Å². The lowest BCUT2D eigenvalue weighted by atomic mass is 9.35. The van der Waals surface area contributed by atoms with E-state index in [4.69, 9.17) is 9.47 Å². The van der Waals surface area contributed by atoms with Gasteiger partial charge in [-0.05, 0) is 69.8 Å². The van der Waals surface area contributed by atoms with E-state index in [9.17, 15) is 9.59 Å². The Bertz CT molecular complexity index is 743. The smallest absolute Gasteiger partial charge is 0.410 e. The van der Waals surface area contributed by atoms with Crippen LogP contribution in [0.1, 0.15) is 58.4 Å². The second-order valence-corrected chi connectivity index (χ2v) is 10.1. The maximum atomic E-state index is 12.2. The summed E-state index contributed by atoms with van der Waals surface area (Å²) in [7, 11) is 0. The van der Waals surface area contributed by atoms with Gasteiger partial charge in [0.25, 0.3) is 0 Å². The second kappa shape index (κ2) is 7.22. The van der Waals surface area contributed by atoms with Crippen molar-refractivity contribution >= 4 is 12.2 Å². The Morgan fingerprint density at radius 2 is 1.72 bits per heavy atom. The van der Waals surface area contributed by atoms with Gasteiger partial charge in [0.1, 0.15) is 12.2 Å². The van der Waals surface area contributed by atoms with Crippen molar-refractivity contribution in [2.24, 2.45) is 11.3 Å². The molecule has 2 amide bonds. The molecular formula is C23H32N2O4. The zero-order chi connectivity index (χ0) is 20.7. The molecule has 5 rings (SSSR count). The summed E-state index contributed by atoms with van der Waals surface area (Å²) in [5, 5.41) is 3.10. The van der Waals surface area contributed by atoms with Crippen molar-refractivity contribution in [2.45, 2.75) is 70.6 Å². The number of likely N-dealkylation sites (tertiary alicyclic amines) is 1. The lowest BCUT2D eigenvalue weighted by Gasteiger charge is -2.73. The van der Waals surface area contributed by atoms with E-state index in [1.165, 1.54) is 0 Å². The van der Waals surface area contributed by atoms with E-state index in [0.717, 1.165) is 50.8 Å². The number of amides is 2. The average molecular weight is 401 g/mol. The van der Waals surface area contributed by atoms with E-state index in [1.54, 1.807) is 0 Å². The molecular weight excluding hydrogens is 368 g/mol. The lowest BCUT2D eigenvalue weighted by Crippen LogP contribution is -2.77. The normalized spacial score (nSPS) is 28.7. The van der Waals surface area contributed by atoms with Crippen molar-refractivity contribution in [1.82, 2.24) is 10.2 Å². The average Bonchev–Trinajstić information content (AvgIpc) is 2.61. The number of ether oxygens (including phenoxy) is 2. The Morgan fingerprint density at radius 1 is 1.10 bits per heavy atom. The number of nitrogens with one attached hydrogen (secondary N) is 1. The topological polar surface area (TPSA) is 67.9 Å². The fourth-order valence-corrected chi connectivity index (χ4v) is 5.41. The summed E-state index contributed by atoms with van der Waals surface area (Å²) in [5.41, 5.74) is 0.839. The molecule has 29 heavy (non-hydrogen) atoms. The van der Waals surface area contributed by atoms with Crippen molar-refractivity contribution < 1.29 is 19.1 Å². The number of carbonyl (C=O) groups is 2. The maximum Gasteiger partial charge on any atom is 0.410 e. The molecule has 2 bridgehead atoms. The van der Waals surface area contributed by atoms with Gasteiger partial charge in [0.15, 0.2) is 0 Å². The van der Waals surface area contributed by atoms with Crippen LogP contribution in [0.15, 0.2) is 30.3 Å². The molecule has 158 valence electrons. The van der Waals surface area contributed by atoms with Gasteiger partial charge >= 0.3 is 12.2 Å². The SMILES string of the molecule is CC(C)(C)OC(=O)N1CCC(C23CC(NC(=O)OCc4ccccc4)(C2)C3)CC1. The molecule has 0 atom stereocenters. The van der Waals surface area contributed by atoms with Gasteiger partial charge in [-0.1, -0.05) is 30.3 Å². The monoisotopic (exact) mass is 400 g/mol. The van der Waals surface area contributed by atoms with E-state index in [2.05, 4.69) is 5.32 Å². The van der Waals surface area contributed by atoms with E-state index >= 15 is 0 Å². The highest BCUT2D eigenvalue weighted by molar-refractivity contribution is 5.69. The summed E-state index contributed by atoms with van der Waals surface area (Å²) in [6.45, 7) is 7.53. The number of benzene rings is 1. The van der Waals surface area contributed by atoms with Crippen LogP contribution in [0.3, 0.4) is 0 Å². The third-order valence-electron chi connectivity index (χ3n) is 6.66. The first-order valence-corrected chi connectivity index (χ1v) is 10.7. The highest BCUT2D eigenvalue weighted by atomic mass is 16.6. The molecule has 3 saturated carbocycles. The van der Waals surface area contributed by atoms with Crippen LogP contribution in [-0.4, -0.2) is 41.3 Å². The van der Waals surface area contributed by atoms with E-state index in [0.29, 0.717) is 17.9 Å². The molecule has 1 aromatic carbocycles. The van der Waals surface area contributed by atoms with Crippen LogP contribution in [0, 0.1) is 11.3 Å². The molecule has 0 unspecified atom stereocenters. The van der Waals surface area contributed by atoms with Crippen molar-refractivity contribution in [3.8, 4) is 0 Å². The molecule has 1 aromatic rings. The first-order chi connectivity index (χ1) is 13.7.